The van der Waals surface area contributed by atoms with Crippen LogP contribution in [0.15, 0.2) is 12.2 Å². The molecule has 0 aliphatic heterocycles. The molecular formula is C8H12O3. The van der Waals surface area contributed by atoms with Crippen molar-refractivity contribution in [3.05, 3.63) is 12.2 Å². The van der Waals surface area contributed by atoms with Crippen LogP contribution in [0.25, 0.3) is 0 Å². The number of carboxylic acid groups (broad SMARTS) is 1. The highest BCUT2D eigenvalue weighted by atomic mass is 16.4. The maximum atomic E-state index is 10.2. The zero-order valence-electron chi connectivity index (χ0n) is 6.54. The summed E-state index contributed by atoms with van der Waals surface area (Å²) in [5.74, 6) is -1.09. The monoisotopic (exact) mass is 156 g/mol. The summed E-state index contributed by atoms with van der Waals surface area (Å²) in [6.07, 6.45) is 0.970. The average molecular weight is 156 g/mol. The fourth-order valence-electron chi connectivity index (χ4n) is 0.786. The zero-order valence-corrected chi connectivity index (χ0v) is 6.54. The van der Waals surface area contributed by atoms with Gasteiger partial charge >= 0.3 is 5.97 Å². The molecule has 0 radical (unpaired) electrons. The molecule has 1 atom stereocenters. The lowest BCUT2D eigenvalue weighted by Gasteiger charge is -2.09. The normalized spacial score (nSPS) is 12.1. The second kappa shape index (κ2) is 4.66. The van der Waals surface area contributed by atoms with Crippen LogP contribution in [0.5, 0.6) is 0 Å². The van der Waals surface area contributed by atoms with E-state index >= 15 is 0 Å². The molecule has 0 saturated heterocycles. The van der Waals surface area contributed by atoms with Crippen LogP contribution in [0.3, 0.4) is 0 Å². The molecule has 0 spiro atoms. The Hall–Kier alpha value is -1.12. The smallest absolute Gasteiger partial charge is 0.303 e. The number of carbonyl (C=O) groups is 2. The maximum Gasteiger partial charge on any atom is 0.303 e. The van der Waals surface area contributed by atoms with E-state index in [1.54, 1.807) is 6.92 Å². The third-order valence-corrected chi connectivity index (χ3v) is 1.50. The number of rotatable bonds is 5. The summed E-state index contributed by atoms with van der Waals surface area (Å²) in [6, 6.07) is 0. The fraction of sp³-hybridized carbons (Fsp3) is 0.500. The second-order valence-electron chi connectivity index (χ2n) is 2.54. The topological polar surface area (TPSA) is 54.4 Å². The van der Waals surface area contributed by atoms with Gasteiger partial charge in [0.15, 0.2) is 0 Å². The van der Waals surface area contributed by atoms with Crippen LogP contribution < -0.4 is 0 Å². The third kappa shape index (κ3) is 4.31. The van der Waals surface area contributed by atoms with Gasteiger partial charge in [-0.1, -0.05) is 12.2 Å². The molecule has 0 aromatic carbocycles. The van der Waals surface area contributed by atoms with Gasteiger partial charge in [-0.3, -0.25) is 4.79 Å². The summed E-state index contributed by atoms with van der Waals surface area (Å²) in [6.45, 7) is 5.34. The number of hydrogen-bond donors (Lipinski definition) is 1. The first-order valence-electron chi connectivity index (χ1n) is 3.38. The number of allylic oxidation sites excluding steroid dienone is 1. The van der Waals surface area contributed by atoms with Gasteiger partial charge in [-0.2, -0.15) is 0 Å². The van der Waals surface area contributed by atoms with Crippen molar-refractivity contribution in [3.63, 3.8) is 0 Å². The molecule has 62 valence electrons. The van der Waals surface area contributed by atoms with E-state index in [0.29, 0.717) is 0 Å². The Labute approximate surface area is 65.7 Å². The first-order chi connectivity index (χ1) is 5.07. The molecule has 11 heavy (non-hydrogen) atoms. The summed E-state index contributed by atoms with van der Waals surface area (Å²) in [5.41, 5.74) is 0.750. The molecule has 0 aliphatic carbocycles. The molecular weight excluding hydrogens is 144 g/mol. The van der Waals surface area contributed by atoms with E-state index in [1.165, 1.54) is 0 Å². The van der Waals surface area contributed by atoms with E-state index in [9.17, 15) is 9.59 Å². The number of carbonyl (C=O) groups excluding carboxylic acids is 1. The number of aldehydes is 1. The predicted molar refractivity (Wildman–Crippen MR) is 41.2 cm³/mol. The molecule has 0 aromatic rings. The number of aliphatic carboxylic acids is 1. The van der Waals surface area contributed by atoms with E-state index in [2.05, 4.69) is 6.58 Å². The second-order valence-corrected chi connectivity index (χ2v) is 2.54. The number of carboxylic acids is 1. The maximum absolute atomic E-state index is 10.2. The Morgan fingerprint density at radius 3 is 2.55 bits per heavy atom. The van der Waals surface area contributed by atoms with Crippen molar-refractivity contribution in [2.45, 2.75) is 19.8 Å². The molecule has 0 saturated carbocycles. The van der Waals surface area contributed by atoms with Crippen molar-refractivity contribution in [1.29, 1.82) is 0 Å². The standard InChI is InChI=1S/C8H12O3/c1-6(2)7(3-4-9)5-8(10)11/h4,7H,1,3,5H2,2H3,(H,10,11)/t7-/m1/s1. The highest BCUT2D eigenvalue weighted by molar-refractivity contribution is 5.68. The Balaban J connectivity index is 3.99. The lowest BCUT2D eigenvalue weighted by atomic mass is 9.95. The lowest BCUT2D eigenvalue weighted by Crippen LogP contribution is -2.08. The molecule has 0 aliphatic rings. The molecule has 0 bridgehead atoms. The van der Waals surface area contributed by atoms with Gasteiger partial charge in [0.25, 0.3) is 0 Å². The average Bonchev–Trinajstić information content (AvgIpc) is 1.86. The zero-order chi connectivity index (χ0) is 8.85. The van der Waals surface area contributed by atoms with Gasteiger partial charge in [-0.15, -0.1) is 0 Å². The Morgan fingerprint density at radius 1 is 1.73 bits per heavy atom. The molecule has 3 nitrogen and oxygen atoms in total. The highest BCUT2D eigenvalue weighted by Gasteiger charge is 2.12. The van der Waals surface area contributed by atoms with Crippen LogP contribution in [0.2, 0.25) is 0 Å². The lowest BCUT2D eigenvalue weighted by molar-refractivity contribution is -0.137. The van der Waals surface area contributed by atoms with Crippen molar-refractivity contribution >= 4 is 12.3 Å². The largest absolute Gasteiger partial charge is 0.481 e. The predicted octanol–water partition coefficient (Wildman–Crippen LogP) is 1.24. The number of hydrogen-bond acceptors (Lipinski definition) is 2. The first kappa shape index (κ1) is 9.88. The molecule has 0 amide bonds. The highest BCUT2D eigenvalue weighted by Crippen LogP contribution is 2.15. The van der Waals surface area contributed by atoms with Gasteiger partial charge < -0.3 is 9.90 Å². The van der Waals surface area contributed by atoms with Crippen molar-refractivity contribution in [2.75, 3.05) is 0 Å². The Morgan fingerprint density at radius 2 is 2.27 bits per heavy atom. The van der Waals surface area contributed by atoms with Gasteiger partial charge in [0.2, 0.25) is 0 Å². The van der Waals surface area contributed by atoms with Crippen LogP contribution in [-0.4, -0.2) is 17.4 Å². The minimum atomic E-state index is -0.889. The summed E-state index contributed by atoms with van der Waals surface area (Å²) in [7, 11) is 0. The van der Waals surface area contributed by atoms with E-state index in [0.717, 1.165) is 11.9 Å². The molecule has 1 N–H and O–H groups in total. The molecule has 0 rings (SSSR count). The van der Waals surface area contributed by atoms with Gasteiger partial charge in [0, 0.05) is 6.42 Å². The SMILES string of the molecule is C=C(C)[C@H](CC=O)CC(=O)O. The van der Waals surface area contributed by atoms with Crippen molar-refractivity contribution < 1.29 is 14.7 Å². The van der Waals surface area contributed by atoms with Crippen LogP contribution in [0, 0.1) is 5.92 Å². The molecule has 3 heteroatoms. The molecule has 0 aromatic heterocycles. The van der Waals surface area contributed by atoms with Crippen LogP contribution >= 0.6 is 0 Å². The van der Waals surface area contributed by atoms with Crippen LogP contribution in [-0.2, 0) is 9.59 Å². The summed E-state index contributed by atoms with van der Waals surface area (Å²) in [5, 5.41) is 8.40. The van der Waals surface area contributed by atoms with Crippen LogP contribution in [0.4, 0.5) is 0 Å². The van der Waals surface area contributed by atoms with Gasteiger partial charge in [-0.05, 0) is 12.8 Å². The summed E-state index contributed by atoms with van der Waals surface area (Å²) < 4.78 is 0. The Kier molecular flexibility index (Phi) is 4.18. The minimum Gasteiger partial charge on any atom is -0.481 e. The van der Waals surface area contributed by atoms with Crippen molar-refractivity contribution in [1.82, 2.24) is 0 Å². The molecule has 0 unspecified atom stereocenters. The molecule has 0 fully saturated rings. The quantitative estimate of drug-likeness (QED) is 0.481. The fourth-order valence-corrected chi connectivity index (χ4v) is 0.786. The van der Waals surface area contributed by atoms with E-state index in [-0.39, 0.29) is 18.8 Å². The van der Waals surface area contributed by atoms with Gasteiger partial charge in [0.1, 0.15) is 6.29 Å². The minimum absolute atomic E-state index is 0.00588. The van der Waals surface area contributed by atoms with Crippen LogP contribution in [0.1, 0.15) is 19.8 Å². The van der Waals surface area contributed by atoms with E-state index in [4.69, 9.17) is 5.11 Å². The van der Waals surface area contributed by atoms with Crippen molar-refractivity contribution in [3.8, 4) is 0 Å². The van der Waals surface area contributed by atoms with Gasteiger partial charge in [-0.25, -0.2) is 0 Å². The van der Waals surface area contributed by atoms with E-state index in [1.807, 2.05) is 0 Å². The summed E-state index contributed by atoms with van der Waals surface area (Å²) >= 11 is 0. The first-order valence-corrected chi connectivity index (χ1v) is 3.38. The third-order valence-electron chi connectivity index (χ3n) is 1.50. The molecule has 0 heterocycles. The van der Waals surface area contributed by atoms with Crippen molar-refractivity contribution in [2.24, 2.45) is 5.92 Å². The van der Waals surface area contributed by atoms with Gasteiger partial charge in [0.05, 0.1) is 6.42 Å². The Bertz CT molecular complexity index is 172. The van der Waals surface area contributed by atoms with E-state index < -0.39 is 5.97 Å². The summed E-state index contributed by atoms with van der Waals surface area (Å²) in [4.78, 5) is 20.3.